The van der Waals surface area contributed by atoms with Gasteiger partial charge in [-0.25, -0.2) is 4.98 Å². The Balaban J connectivity index is 1.57. The minimum atomic E-state index is -0.109. The van der Waals surface area contributed by atoms with E-state index in [0.717, 1.165) is 22.1 Å². The van der Waals surface area contributed by atoms with Gasteiger partial charge in [-0.2, -0.15) is 0 Å². The van der Waals surface area contributed by atoms with E-state index in [1.54, 1.807) is 12.3 Å². The molecule has 24 heavy (non-hydrogen) atoms. The summed E-state index contributed by atoms with van der Waals surface area (Å²) in [5.41, 5.74) is 2.25. The van der Waals surface area contributed by atoms with Gasteiger partial charge in [0.1, 0.15) is 5.65 Å². The molecule has 0 saturated carbocycles. The fraction of sp³-hybridized carbons (Fsp3) is 0.0526. The van der Waals surface area contributed by atoms with Crippen LogP contribution in [0.3, 0.4) is 0 Å². The van der Waals surface area contributed by atoms with Crippen LogP contribution in [0.4, 0.5) is 0 Å². The van der Waals surface area contributed by atoms with Crippen molar-refractivity contribution in [2.75, 3.05) is 0 Å². The van der Waals surface area contributed by atoms with E-state index in [1.807, 2.05) is 59.1 Å². The standard InChI is InChI=1S/C19H14ClN3O/c20-14-8-9-18-22-15(12-23(18)11-14)10-21-19(24)17-7-3-5-13-4-1-2-6-16(13)17/h1-9,11-12H,10H2,(H,21,24). The first-order chi connectivity index (χ1) is 11.7. The van der Waals surface area contributed by atoms with Crippen LogP contribution >= 0.6 is 11.6 Å². The van der Waals surface area contributed by atoms with Crippen LogP contribution in [0.2, 0.25) is 5.02 Å². The van der Waals surface area contributed by atoms with Crippen LogP contribution in [0.1, 0.15) is 16.1 Å². The summed E-state index contributed by atoms with van der Waals surface area (Å²) in [6, 6.07) is 17.2. The van der Waals surface area contributed by atoms with E-state index in [-0.39, 0.29) is 5.91 Å². The lowest BCUT2D eigenvalue weighted by Gasteiger charge is -2.07. The number of aromatic nitrogens is 2. The highest BCUT2D eigenvalue weighted by atomic mass is 35.5. The van der Waals surface area contributed by atoms with Gasteiger partial charge >= 0.3 is 0 Å². The summed E-state index contributed by atoms with van der Waals surface area (Å²) in [7, 11) is 0. The molecule has 118 valence electrons. The second-order valence-corrected chi connectivity index (χ2v) is 5.99. The molecule has 0 spiro atoms. The van der Waals surface area contributed by atoms with Gasteiger partial charge in [-0.05, 0) is 29.0 Å². The van der Waals surface area contributed by atoms with Crippen molar-refractivity contribution in [2.45, 2.75) is 6.54 Å². The van der Waals surface area contributed by atoms with Crippen LogP contribution in [0.5, 0.6) is 0 Å². The molecule has 0 aliphatic carbocycles. The lowest BCUT2D eigenvalue weighted by Crippen LogP contribution is -2.23. The molecule has 0 saturated heterocycles. The van der Waals surface area contributed by atoms with Gasteiger partial charge in [0.25, 0.3) is 5.91 Å². The number of hydrogen-bond acceptors (Lipinski definition) is 2. The molecule has 0 aliphatic heterocycles. The molecule has 4 nitrogen and oxygen atoms in total. The number of fused-ring (bicyclic) bond motifs is 2. The van der Waals surface area contributed by atoms with Gasteiger partial charge in [-0.3, -0.25) is 4.79 Å². The fourth-order valence-electron chi connectivity index (χ4n) is 2.79. The number of nitrogens with zero attached hydrogens (tertiary/aromatic N) is 2. The Morgan fingerprint density at radius 1 is 1.04 bits per heavy atom. The third kappa shape index (κ3) is 2.72. The Bertz CT molecular complexity index is 1050. The molecule has 2 aromatic heterocycles. The quantitative estimate of drug-likeness (QED) is 0.613. The molecule has 0 aliphatic rings. The number of rotatable bonds is 3. The summed E-state index contributed by atoms with van der Waals surface area (Å²) < 4.78 is 1.85. The van der Waals surface area contributed by atoms with Gasteiger partial charge in [0.05, 0.1) is 17.3 Å². The monoisotopic (exact) mass is 335 g/mol. The molecule has 0 unspecified atom stereocenters. The van der Waals surface area contributed by atoms with Gasteiger partial charge in [-0.1, -0.05) is 48.0 Å². The van der Waals surface area contributed by atoms with Crippen molar-refractivity contribution < 1.29 is 4.79 Å². The minimum Gasteiger partial charge on any atom is -0.346 e. The minimum absolute atomic E-state index is 0.109. The van der Waals surface area contributed by atoms with Gasteiger partial charge in [0, 0.05) is 18.0 Å². The lowest BCUT2D eigenvalue weighted by atomic mass is 10.0. The van der Waals surface area contributed by atoms with Crippen LogP contribution < -0.4 is 5.32 Å². The number of hydrogen-bond donors (Lipinski definition) is 1. The van der Waals surface area contributed by atoms with E-state index in [9.17, 15) is 4.79 Å². The molecule has 0 radical (unpaired) electrons. The molecule has 4 rings (SSSR count). The van der Waals surface area contributed by atoms with Crippen molar-refractivity contribution in [3.05, 3.63) is 83.3 Å². The van der Waals surface area contributed by atoms with Crippen LogP contribution in [-0.2, 0) is 6.54 Å². The average molecular weight is 336 g/mol. The fourth-order valence-corrected chi connectivity index (χ4v) is 2.96. The molecule has 2 heterocycles. The second kappa shape index (κ2) is 5.98. The van der Waals surface area contributed by atoms with E-state index in [4.69, 9.17) is 11.6 Å². The van der Waals surface area contributed by atoms with Crippen molar-refractivity contribution in [1.82, 2.24) is 14.7 Å². The van der Waals surface area contributed by atoms with Crippen molar-refractivity contribution >= 4 is 33.9 Å². The maximum atomic E-state index is 12.5. The molecular formula is C19H14ClN3O. The Morgan fingerprint density at radius 2 is 1.88 bits per heavy atom. The normalized spacial score (nSPS) is 11.0. The molecule has 1 N–H and O–H groups in total. The van der Waals surface area contributed by atoms with Crippen LogP contribution in [0, 0.1) is 0 Å². The van der Waals surface area contributed by atoms with E-state index >= 15 is 0 Å². The number of carbonyl (C=O) groups excluding carboxylic acids is 1. The third-order valence-electron chi connectivity index (χ3n) is 3.93. The predicted octanol–water partition coefficient (Wildman–Crippen LogP) is 4.07. The molecule has 5 heteroatoms. The number of imidazole rings is 1. The van der Waals surface area contributed by atoms with E-state index in [0.29, 0.717) is 17.1 Å². The topological polar surface area (TPSA) is 46.4 Å². The highest BCUT2D eigenvalue weighted by Crippen LogP contribution is 2.18. The third-order valence-corrected chi connectivity index (χ3v) is 4.15. The largest absolute Gasteiger partial charge is 0.346 e. The zero-order valence-corrected chi connectivity index (χ0v) is 13.5. The second-order valence-electron chi connectivity index (χ2n) is 5.55. The average Bonchev–Trinajstić information content (AvgIpc) is 3.01. The first-order valence-electron chi connectivity index (χ1n) is 7.60. The number of carbonyl (C=O) groups is 1. The zero-order valence-electron chi connectivity index (χ0n) is 12.7. The molecule has 4 aromatic rings. The Kier molecular flexibility index (Phi) is 3.67. The number of nitrogens with one attached hydrogen (secondary N) is 1. The number of halogens is 1. The molecular weight excluding hydrogens is 322 g/mol. The van der Waals surface area contributed by atoms with Crippen molar-refractivity contribution in [1.29, 1.82) is 0 Å². The number of pyridine rings is 1. The first-order valence-corrected chi connectivity index (χ1v) is 7.97. The summed E-state index contributed by atoms with van der Waals surface area (Å²) in [4.78, 5) is 17.0. The van der Waals surface area contributed by atoms with Crippen molar-refractivity contribution in [2.24, 2.45) is 0 Å². The SMILES string of the molecule is O=C(NCc1cn2cc(Cl)ccc2n1)c1cccc2ccccc12. The lowest BCUT2D eigenvalue weighted by molar-refractivity contribution is 0.0952. The zero-order chi connectivity index (χ0) is 16.5. The summed E-state index contributed by atoms with van der Waals surface area (Å²) >= 11 is 5.97. The maximum absolute atomic E-state index is 12.5. The van der Waals surface area contributed by atoms with Crippen molar-refractivity contribution in [3.8, 4) is 0 Å². The highest BCUT2D eigenvalue weighted by molar-refractivity contribution is 6.30. The van der Waals surface area contributed by atoms with E-state index in [2.05, 4.69) is 10.3 Å². The molecule has 0 atom stereocenters. The molecule has 0 fully saturated rings. The van der Waals surface area contributed by atoms with Crippen LogP contribution in [0.25, 0.3) is 16.4 Å². The number of benzene rings is 2. The highest BCUT2D eigenvalue weighted by Gasteiger charge is 2.10. The smallest absolute Gasteiger partial charge is 0.252 e. The Morgan fingerprint density at radius 3 is 2.79 bits per heavy atom. The van der Waals surface area contributed by atoms with Gasteiger partial charge in [0.15, 0.2) is 0 Å². The first kappa shape index (κ1) is 14.7. The summed E-state index contributed by atoms with van der Waals surface area (Å²) in [5.74, 6) is -0.109. The maximum Gasteiger partial charge on any atom is 0.252 e. The Hall–Kier alpha value is -2.85. The summed E-state index contributed by atoms with van der Waals surface area (Å²) in [6.45, 7) is 0.362. The molecule has 2 aromatic carbocycles. The number of amides is 1. The van der Waals surface area contributed by atoms with E-state index in [1.165, 1.54) is 0 Å². The predicted molar refractivity (Wildman–Crippen MR) is 95.3 cm³/mol. The summed E-state index contributed by atoms with van der Waals surface area (Å²) in [6.07, 6.45) is 3.66. The van der Waals surface area contributed by atoms with E-state index < -0.39 is 0 Å². The van der Waals surface area contributed by atoms with Crippen LogP contribution in [0.15, 0.2) is 67.0 Å². The van der Waals surface area contributed by atoms with Crippen molar-refractivity contribution in [3.63, 3.8) is 0 Å². The molecule has 0 bridgehead atoms. The Labute approximate surface area is 143 Å². The van der Waals surface area contributed by atoms with Gasteiger partial charge in [-0.15, -0.1) is 0 Å². The van der Waals surface area contributed by atoms with Crippen LogP contribution in [-0.4, -0.2) is 15.3 Å². The summed E-state index contributed by atoms with van der Waals surface area (Å²) in [5, 5.41) is 5.57. The van der Waals surface area contributed by atoms with Gasteiger partial charge < -0.3 is 9.72 Å². The molecule has 1 amide bonds. The van der Waals surface area contributed by atoms with Gasteiger partial charge in [0.2, 0.25) is 0 Å².